The van der Waals surface area contributed by atoms with Crippen LogP contribution in [0.3, 0.4) is 0 Å². The van der Waals surface area contributed by atoms with Gasteiger partial charge in [-0.3, -0.25) is 0 Å². The van der Waals surface area contributed by atoms with Crippen molar-refractivity contribution < 1.29 is 6.51 Å². The molecule has 2 aromatic carbocycles. The number of hydrogen-bond acceptors (Lipinski definition) is 1. The summed E-state index contributed by atoms with van der Waals surface area (Å²) in [5.74, 6) is 0. The van der Waals surface area contributed by atoms with E-state index in [1.807, 2.05) is 0 Å². The van der Waals surface area contributed by atoms with Crippen LogP contribution in [0.2, 0.25) is 38.0 Å². The second-order valence-corrected chi connectivity index (χ2v) is 44.8. The summed E-state index contributed by atoms with van der Waals surface area (Å²) in [6.07, 6.45) is 3.03. The normalized spacial score (nSPS) is 71.2. The van der Waals surface area contributed by atoms with E-state index in [1.54, 1.807) is 10.6 Å². The van der Waals surface area contributed by atoms with Crippen LogP contribution in [0.25, 0.3) is 0 Å². The van der Waals surface area contributed by atoms with Crippen molar-refractivity contribution >= 4 is 26.5 Å². The summed E-state index contributed by atoms with van der Waals surface area (Å²) < 4.78 is 2.59. The van der Waals surface area contributed by atoms with Gasteiger partial charge in [0.1, 0.15) is 0 Å². The first-order valence-electron chi connectivity index (χ1n) is 13.8. The Hall–Kier alpha value is -0.221. The minimum absolute atomic E-state index is 0.148. The van der Waals surface area contributed by atoms with Gasteiger partial charge in [-0.25, -0.2) is 0 Å². The topological polar surface area (TPSA) is 3.24 Å². The fourth-order valence-electron chi connectivity index (χ4n) is 22.3. The Bertz CT molecular complexity index is 1700. The van der Waals surface area contributed by atoms with Crippen molar-refractivity contribution in [2.24, 2.45) is 0 Å². The van der Waals surface area contributed by atoms with E-state index < -0.39 is 6.51 Å². The third-order valence-corrected chi connectivity index (χ3v) is 78.0. The van der Waals surface area contributed by atoms with E-state index in [-0.39, 0.29) is 15.8 Å². The molecular formula is C30H37FeNP2. The number of fused-ring (bicyclic) bond motifs is 10. The van der Waals surface area contributed by atoms with Crippen LogP contribution in [-0.2, 0) is 6.51 Å². The predicted molar refractivity (Wildman–Crippen MR) is 145 cm³/mol. The van der Waals surface area contributed by atoms with Crippen molar-refractivity contribution in [3.05, 3.63) is 60.7 Å². The summed E-state index contributed by atoms with van der Waals surface area (Å²) in [6.45, 7) is 4.14. The summed E-state index contributed by atoms with van der Waals surface area (Å²) in [5.41, 5.74) is 0. The summed E-state index contributed by atoms with van der Waals surface area (Å²) in [4.78, 5) is 12.0. The van der Waals surface area contributed by atoms with E-state index in [1.165, 1.54) is 46.0 Å². The molecule has 10 aliphatic heterocycles. The van der Waals surface area contributed by atoms with E-state index in [0.29, 0.717) is 0 Å². The van der Waals surface area contributed by atoms with E-state index in [4.69, 9.17) is 0 Å². The van der Waals surface area contributed by atoms with E-state index in [0.717, 1.165) is 18.5 Å². The van der Waals surface area contributed by atoms with Crippen LogP contribution in [0.1, 0.15) is 20.8 Å². The Balaban J connectivity index is 1.28. The molecule has 2 aromatic rings. The van der Waals surface area contributed by atoms with E-state index in [9.17, 15) is 0 Å². The third kappa shape index (κ3) is 0.356. The number of nitrogens with zero attached hydrogens (tertiary/aromatic N) is 1. The minimum atomic E-state index is -3.84. The van der Waals surface area contributed by atoms with Crippen molar-refractivity contribution in [1.29, 1.82) is 0 Å². The SMILES string of the molecule is CCP(CC)[C]12[C]3(C(C)N(C)C)[CH]4[CH]5[C]1(P(c1ccccc1)c1ccccc1)[Fe]45321678[CH]2[CH]1[CH]6[CH]7[CH]28. The van der Waals surface area contributed by atoms with Crippen molar-refractivity contribution in [3.63, 3.8) is 0 Å². The molecule has 6 atom stereocenters. The Morgan fingerprint density at radius 1 is 0.794 bits per heavy atom. The second kappa shape index (κ2) is 2.56. The molecule has 0 aromatic heterocycles. The molecular weight excluding hydrogens is 492 g/mol. The summed E-state index contributed by atoms with van der Waals surface area (Å²) in [6, 6.07) is 25.1. The number of rotatable bonds is 8. The van der Waals surface area contributed by atoms with Crippen molar-refractivity contribution in [3.8, 4) is 0 Å². The van der Waals surface area contributed by atoms with Crippen LogP contribution in [-0.4, -0.2) is 45.5 Å². The molecule has 1 spiro atoms. The molecule has 1 nitrogen and oxygen atoms in total. The van der Waals surface area contributed by atoms with Gasteiger partial charge in [0.15, 0.2) is 0 Å². The van der Waals surface area contributed by atoms with Crippen LogP contribution in [0.5, 0.6) is 0 Å². The molecule has 4 heteroatoms. The zero-order valence-electron chi connectivity index (χ0n) is 21.0. The van der Waals surface area contributed by atoms with E-state index in [2.05, 4.69) is 100 Å². The average molecular weight is 529 g/mol. The first kappa shape index (κ1) is 18.1. The molecule has 10 heterocycles. The maximum absolute atomic E-state index is 3.84. The predicted octanol–water partition coefficient (Wildman–Crippen LogP) is 7.17. The van der Waals surface area contributed by atoms with Crippen LogP contribution < -0.4 is 10.6 Å². The van der Waals surface area contributed by atoms with Gasteiger partial charge in [0.25, 0.3) is 0 Å². The third-order valence-electron chi connectivity index (χ3n) is 19.9. The molecule has 0 N–H and O–H groups in total. The van der Waals surface area contributed by atoms with Gasteiger partial charge in [0.2, 0.25) is 0 Å². The molecule has 10 aliphatic rings. The summed E-state index contributed by atoms with van der Waals surface area (Å²) >= 11 is 0. The van der Waals surface area contributed by atoms with Crippen LogP contribution in [0.4, 0.5) is 0 Å². The Kier molecular flexibility index (Phi) is 1.36. The van der Waals surface area contributed by atoms with Gasteiger partial charge in [0, 0.05) is 0 Å². The maximum atomic E-state index is 2.74. The molecule has 0 radical (unpaired) electrons. The second-order valence-electron chi connectivity index (χ2n) is 15.6. The number of benzene rings is 2. The van der Waals surface area contributed by atoms with Crippen molar-refractivity contribution in [2.45, 2.75) is 72.9 Å². The van der Waals surface area contributed by atoms with Crippen LogP contribution >= 0.6 is 15.8 Å². The van der Waals surface area contributed by atoms with Crippen LogP contribution in [0, 0.1) is 0 Å². The molecule has 12 rings (SSSR count). The first-order chi connectivity index (χ1) is 16.3. The van der Waals surface area contributed by atoms with Crippen molar-refractivity contribution in [1.82, 2.24) is 4.90 Å². The van der Waals surface area contributed by atoms with Gasteiger partial charge in [-0.15, -0.1) is 0 Å². The van der Waals surface area contributed by atoms with Gasteiger partial charge in [0.05, 0.1) is 0 Å². The van der Waals surface area contributed by atoms with Gasteiger partial charge >= 0.3 is 198 Å². The van der Waals surface area contributed by atoms with Crippen LogP contribution in [0.15, 0.2) is 60.7 Å². The Morgan fingerprint density at radius 2 is 1.26 bits per heavy atom. The molecule has 180 valence electrons. The monoisotopic (exact) mass is 529 g/mol. The molecule has 10 fully saturated rings. The quantitative estimate of drug-likeness (QED) is 0.259. The molecule has 10 saturated heterocycles. The summed E-state index contributed by atoms with van der Waals surface area (Å²) in [5, 5.41) is 3.51. The van der Waals surface area contributed by atoms with Gasteiger partial charge < -0.3 is 0 Å². The number of hydrogen-bond donors (Lipinski definition) is 0. The Labute approximate surface area is 197 Å². The van der Waals surface area contributed by atoms with Gasteiger partial charge in [-0.05, 0) is 0 Å². The first-order valence-corrected chi connectivity index (χ1v) is 23.0. The molecule has 0 aliphatic carbocycles. The zero-order valence-corrected chi connectivity index (χ0v) is 23.9. The molecule has 0 saturated carbocycles. The van der Waals surface area contributed by atoms with Gasteiger partial charge in [-0.2, -0.15) is 0 Å². The standard InChI is InChI=1S/C25H32NP2.C5H5.Fe/c1-6-27(7-2)25-23(20(3)26(4)5)18-19-24(25)28(21-14-10-8-11-15-21)22-16-12-9-13-17-22;1-2-4-5-3-1;/h8-20H,6-7H2,1-5H3;1-5H;. The van der Waals surface area contributed by atoms with Crippen molar-refractivity contribution in [2.75, 3.05) is 26.4 Å². The molecule has 0 bridgehead atoms. The van der Waals surface area contributed by atoms with Gasteiger partial charge in [-0.1, -0.05) is 0 Å². The van der Waals surface area contributed by atoms with E-state index >= 15 is 0 Å². The fourth-order valence-corrected chi connectivity index (χ4v) is 133. The molecule has 6 unspecified atom stereocenters. The average Bonchev–Trinajstić information content (AvgIpc) is 3.82. The zero-order chi connectivity index (χ0) is 22.8. The Morgan fingerprint density at radius 3 is 1.65 bits per heavy atom. The fraction of sp³-hybridized carbons (Fsp3) is 0.600. The summed E-state index contributed by atoms with van der Waals surface area (Å²) in [7, 11) is 4.82. The molecule has 34 heavy (non-hydrogen) atoms. The molecule has 0 amide bonds.